The first-order chi connectivity index (χ1) is 5.68. The third-order valence-electron chi connectivity index (χ3n) is 1.49. The number of ketones is 1. The Hall–Kier alpha value is -0.700. The number of rotatable bonds is 4. The summed E-state index contributed by atoms with van der Waals surface area (Å²) in [7, 11) is 0. The molecular weight excluding hydrogens is 170 g/mol. The largest absolute Gasteiger partial charge is 0.299 e. The number of aromatic nitrogens is 1. The van der Waals surface area contributed by atoms with Gasteiger partial charge in [0.15, 0.2) is 0 Å². The molecule has 0 aromatic carbocycles. The van der Waals surface area contributed by atoms with Crippen LogP contribution < -0.4 is 0 Å². The highest BCUT2D eigenvalue weighted by Crippen LogP contribution is 2.10. The number of thiazole rings is 1. The summed E-state index contributed by atoms with van der Waals surface area (Å²) in [5, 5.41) is 0. The highest BCUT2D eigenvalue weighted by molar-refractivity contribution is 7.09. The lowest BCUT2D eigenvalue weighted by atomic mass is 10.1. The summed E-state index contributed by atoms with van der Waals surface area (Å²) >= 11 is 1.55. The third-order valence-corrected chi connectivity index (χ3v) is 2.27. The van der Waals surface area contributed by atoms with Crippen molar-refractivity contribution in [3.63, 3.8) is 0 Å². The summed E-state index contributed by atoms with van der Waals surface area (Å²) in [6, 6.07) is 0. The Morgan fingerprint density at radius 3 is 2.92 bits per heavy atom. The number of hydrogen-bond donors (Lipinski definition) is 0. The highest BCUT2D eigenvalue weighted by atomic mass is 32.1. The molecule has 0 bridgehead atoms. The normalized spacial score (nSPS) is 10.6. The Labute approximate surface area is 76.6 Å². The molecule has 0 aliphatic carbocycles. The summed E-state index contributed by atoms with van der Waals surface area (Å²) in [4.78, 5) is 16.3. The van der Waals surface area contributed by atoms with Crippen molar-refractivity contribution in [2.24, 2.45) is 5.92 Å². The summed E-state index contributed by atoms with van der Waals surface area (Å²) in [6.45, 7) is 4.12. The molecule has 1 heterocycles. The minimum Gasteiger partial charge on any atom is -0.299 e. The standard InChI is InChI=1S/C9H13NOS/c1-7(2)3-8(11)4-9-5-10-6-12-9/h5-7H,3-4H2,1-2H3. The molecule has 0 aliphatic heterocycles. The molecule has 66 valence electrons. The molecule has 1 aromatic rings. The van der Waals surface area contributed by atoms with Gasteiger partial charge in [-0.15, -0.1) is 11.3 Å². The minimum absolute atomic E-state index is 0.314. The molecule has 0 amide bonds. The molecule has 0 radical (unpaired) electrons. The monoisotopic (exact) mass is 183 g/mol. The van der Waals surface area contributed by atoms with Crippen LogP contribution in [0.15, 0.2) is 11.7 Å². The molecule has 0 N–H and O–H groups in total. The molecule has 0 saturated heterocycles. The van der Waals surface area contributed by atoms with Gasteiger partial charge in [0, 0.05) is 23.9 Å². The molecule has 12 heavy (non-hydrogen) atoms. The average molecular weight is 183 g/mol. The van der Waals surface area contributed by atoms with Crippen molar-refractivity contribution in [2.75, 3.05) is 0 Å². The quantitative estimate of drug-likeness (QED) is 0.717. The van der Waals surface area contributed by atoms with E-state index in [1.807, 2.05) is 0 Å². The highest BCUT2D eigenvalue weighted by Gasteiger charge is 2.06. The SMILES string of the molecule is CC(C)CC(=O)Cc1cncs1. The topological polar surface area (TPSA) is 30.0 Å². The van der Waals surface area contributed by atoms with E-state index in [9.17, 15) is 4.79 Å². The van der Waals surface area contributed by atoms with Crippen LogP contribution in [0, 0.1) is 5.92 Å². The van der Waals surface area contributed by atoms with E-state index in [0.717, 1.165) is 4.88 Å². The fraction of sp³-hybridized carbons (Fsp3) is 0.556. The second-order valence-corrected chi connectivity index (χ2v) is 4.25. The van der Waals surface area contributed by atoms with Gasteiger partial charge in [-0.3, -0.25) is 9.78 Å². The Balaban J connectivity index is 2.37. The van der Waals surface area contributed by atoms with Gasteiger partial charge in [0.2, 0.25) is 0 Å². The van der Waals surface area contributed by atoms with E-state index in [0.29, 0.717) is 24.5 Å². The predicted molar refractivity (Wildman–Crippen MR) is 50.3 cm³/mol. The molecule has 0 atom stereocenters. The van der Waals surface area contributed by atoms with E-state index in [2.05, 4.69) is 18.8 Å². The maximum Gasteiger partial charge on any atom is 0.138 e. The van der Waals surface area contributed by atoms with Gasteiger partial charge in [-0.1, -0.05) is 13.8 Å². The van der Waals surface area contributed by atoms with Gasteiger partial charge in [0.1, 0.15) is 5.78 Å². The second kappa shape index (κ2) is 4.36. The molecule has 0 fully saturated rings. The maximum absolute atomic E-state index is 11.3. The molecular formula is C9H13NOS. The van der Waals surface area contributed by atoms with Crippen LogP contribution in [0.3, 0.4) is 0 Å². The zero-order valence-electron chi connectivity index (χ0n) is 7.41. The number of carbonyl (C=O) groups excluding carboxylic acids is 1. The van der Waals surface area contributed by atoms with Gasteiger partial charge in [-0.2, -0.15) is 0 Å². The van der Waals surface area contributed by atoms with Crippen molar-refractivity contribution in [3.05, 3.63) is 16.6 Å². The first-order valence-corrected chi connectivity index (χ1v) is 4.95. The van der Waals surface area contributed by atoms with Crippen molar-refractivity contribution in [3.8, 4) is 0 Å². The summed E-state index contributed by atoms with van der Waals surface area (Å²) in [6.07, 6.45) is 3.00. The Kier molecular flexibility index (Phi) is 3.41. The maximum atomic E-state index is 11.3. The molecule has 3 heteroatoms. The van der Waals surface area contributed by atoms with Gasteiger partial charge < -0.3 is 0 Å². The Bertz CT molecular complexity index is 241. The van der Waals surface area contributed by atoms with Crippen LogP contribution in [-0.2, 0) is 11.2 Å². The summed E-state index contributed by atoms with van der Waals surface area (Å²) in [5.41, 5.74) is 1.76. The molecule has 0 aliphatic rings. The first kappa shape index (κ1) is 9.39. The molecule has 0 spiro atoms. The lowest BCUT2D eigenvalue weighted by molar-refractivity contribution is -0.119. The van der Waals surface area contributed by atoms with E-state index in [4.69, 9.17) is 0 Å². The van der Waals surface area contributed by atoms with E-state index in [1.165, 1.54) is 0 Å². The molecule has 0 saturated carbocycles. The van der Waals surface area contributed by atoms with Crippen LogP contribution in [0.25, 0.3) is 0 Å². The number of Topliss-reactive ketones (excluding diaryl/α,β-unsaturated/α-hetero) is 1. The van der Waals surface area contributed by atoms with Crippen LogP contribution in [0.2, 0.25) is 0 Å². The van der Waals surface area contributed by atoms with Crippen LogP contribution in [0.5, 0.6) is 0 Å². The molecule has 1 rings (SSSR count). The molecule has 0 unspecified atom stereocenters. The third kappa shape index (κ3) is 3.13. The van der Waals surface area contributed by atoms with Crippen molar-refractivity contribution >= 4 is 17.1 Å². The number of nitrogens with zero attached hydrogens (tertiary/aromatic N) is 1. The van der Waals surface area contributed by atoms with Crippen molar-refractivity contribution < 1.29 is 4.79 Å². The summed E-state index contributed by atoms with van der Waals surface area (Å²) in [5.74, 6) is 0.777. The predicted octanol–water partition coefficient (Wildman–Crippen LogP) is 2.30. The Morgan fingerprint density at radius 1 is 1.67 bits per heavy atom. The van der Waals surface area contributed by atoms with Crippen molar-refractivity contribution in [2.45, 2.75) is 26.7 Å². The van der Waals surface area contributed by atoms with Crippen LogP contribution >= 0.6 is 11.3 Å². The van der Waals surface area contributed by atoms with E-state index >= 15 is 0 Å². The van der Waals surface area contributed by atoms with Gasteiger partial charge >= 0.3 is 0 Å². The van der Waals surface area contributed by atoms with Crippen LogP contribution in [-0.4, -0.2) is 10.8 Å². The van der Waals surface area contributed by atoms with E-state index < -0.39 is 0 Å². The van der Waals surface area contributed by atoms with Crippen molar-refractivity contribution in [1.82, 2.24) is 4.98 Å². The van der Waals surface area contributed by atoms with Gasteiger partial charge in [-0.05, 0) is 5.92 Å². The van der Waals surface area contributed by atoms with Gasteiger partial charge in [-0.25, -0.2) is 0 Å². The number of hydrogen-bond acceptors (Lipinski definition) is 3. The summed E-state index contributed by atoms with van der Waals surface area (Å²) < 4.78 is 0. The Morgan fingerprint density at radius 2 is 2.42 bits per heavy atom. The molecule has 1 aromatic heterocycles. The first-order valence-electron chi connectivity index (χ1n) is 4.07. The van der Waals surface area contributed by atoms with Gasteiger partial charge in [0.05, 0.1) is 5.51 Å². The van der Waals surface area contributed by atoms with Gasteiger partial charge in [0.25, 0.3) is 0 Å². The average Bonchev–Trinajstić information content (AvgIpc) is 2.37. The fourth-order valence-electron chi connectivity index (χ4n) is 1.05. The lowest BCUT2D eigenvalue weighted by Gasteiger charge is -2.00. The number of carbonyl (C=O) groups is 1. The van der Waals surface area contributed by atoms with Crippen LogP contribution in [0.4, 0.5) is 0 Å². The zero-order chi connectivity index (χ0) is 8.97. The van der Waals surface area contributed by atoms with Crippen molar-refractivity contribution in [1.29, 1.82) is 0 Å². The smallest absolute Gasteiger partial charge is 0.138 e. The zero-order valence-corrected chi connectivity index (χ0v) is 8.23. The lowest BCUT2D eigenvalue weighted by Crippen LogP contribution is -2.04. The second-order valence-electron chi connectivity index (χ2n) is 3.28. The van der Waals surface area contributed by atoms with Crippen LogP contribution in [0.1, 0.15) is 25.1 Å². The fourth-order valence-corrected chi connectivity index (χ4v) is 1.67. The minimum atomic E-state index is 0.314. The van der Waals surface area contributed by atoms with E-state index in [-0.39, 0.29) is 0 Å². The molecule has 2 nitrogen and oxygen atoms in total. The van der Waals surface area contributed by atoms with E-state index in [1.54, 1.807) is 23.0 Å².